The van der Waals surface area contributed by atoms with Crippen LogP contribution in [-0.2, 0) is 62.3 Å². The van der Waals surface area contributed by atoms with E-state index in [9.17, 15) is 93.4 Å². The third-order valence-electron chi connectivity index (χ3n) is 34.0. The molecular weight excluding hydrogens is 1880 g/mol. The quantitative estimate of drug-likeness (QED) is 0.0204. The molecule has 3 aliphatic heterocycles. The van der Waals surface area contributed by atoms with Gasteiger partial charge >= 0.3 is 5.97 Å². The van der Waals surface area contributed by atoms with E-state index in [0.29, 0.717) is 57.7 Å². The minimum Gasteiger partial charge on any atom is -0.480 e. The van der Waals surface area contributed by atoms with Crippen molar-refractivity contribution in [3.05, 3.63) is 72.9 Å². The summed E-state index contributed by atoms with van der Waals surface area (Å²) in [6.07, 6.45) is 40.5. The Labute approximate surface area is 880 Å². The molecule has 816 valence electrons. The Kier molecular flexibility index (Phi) is 41.1. The van der Waals surface area contributed by atoms with Gasteiger partial charge in [-0.15, -0.1) is 0 Å². The molecular formula is C116H173N13O19. The number of nitrogens with two attached hydrogens (primary N) is 1. The molecule has 12 fully saturated rings. The molecule has 3 aromatic heterocycles. The summed E-state index contributed by atoms with van der Waals surface area (Å²) in [7, 11) is 0. The van der Waals surface area contributed by atoms with Gasteiger partial charge in [0, 0.05) is 142 Å². The van der Waals surface area contributed by atoms with Gasteiger partial charge in [-0.05, 0) is 228 Å². The molecule has 0 spiro atoms. The average molecular weight is 2060 g/mol. The Bertz CT molecular complexity index is 5200. The maximum absolute atomic E-state index is 14.7. The number of likely N-dealkylation sites (tertiary alicyclic amines) is 3. The van der Waals surface area contributed by atoms with Crippen molar-refractivity contribution in [2.45, 2.75) is 420 Å². The second kappa shape index (κ2) is 54.1. The summed E-state index contributed by atoms with van der Waals surface area (Å²) in [5, 5.41) is 39.9. The van der Waals surface area contributed by atoms with Crippen LogP contribution in [0.25, 0.3) is 0 Å². The second-order valence-electron chi connectivity index (χ2n) is 48.6. The first-order valence-electron chi connectivity index (χ1n) is 57.8. The maximum atomic E-state index is 14.7. The molecule has 9 saturated carbocycles. The van der Waals surface area contributed by atoms with Crippen molar-refractivity contribution in [1.82, 2.24) is 60.6 Å². The largest absolute Gasteiger partial charge is 0.480 e. The molecule has 6 heterocycles. The summed E-state index contributed by atoms with van der Waals surface area (Å²) in [6.45, 7) is 23.7. The normalized spacial score (nSPS) is 25.7. The molecule has 12 aliphatic rings. The van der Waals surface area contributed by atoms with E-state index < -0.39 is 124 Å². The average Bonchev–Trinajstić information content (AvgIpc) is 1.61. The second-order valence-corrected chi connectivity index (χ2v) is 48.6. The van der Waals surface area contributed by atoms with E-state index in [1.165, 1.54) is 60.7 Å². The third kappa shape index (κ3) is 31.8. The summed E-state index contributed by atoms with van der Waals surface area (Å²) in [4.78, 5) is 246. The zero-order valence-corrected chi connectivity index (χ0v) is 90.2. The highest BCUT2D eigenvalue weighted by molar-refractivity contribution is 6.38. The highest BCUT2D eigenvalue weighted by Gasteiger charge is 2.57. The fourth-order valence-electron chi connectivity index (χ4n) is 25.2. The summed E-state index contributed by atoms with van der Waals surface area (Å²) >= 11 is 0. The first kappa shape index (κ1) is 113. The van der Waals surface area contributed by atoms with Crippen molar-refractivity contribution < 1.29 is 96.1 Å². The van der Waals surface area contributed by atoms with Crippen LogP contribution in [0.2, 0.25) is 0 Å². The number of hydrogen-bond donors (Lipinski definition) is 7. The van der Waals surface area contributed by atoms with Crippen molar-refractivity contribution >= 4 is 93.5 Å². The molecule has 0 aromatic carbocycles. The van der Waals surface area contributed by atoms with Gasteiger partial charge in [-0.25, -0.2) is 19.7 Å². The Hall–Kier alpha value is -9.56. The van der Waals surface area contributed by atoms with Crippen molar-refractivity contribution in [3.63, 3.8) is 0 Å². The Morgan fingerprint density at radius 3 is 1.01 bits per heavy atom. The van der Waals surface area contributed by atoms with Crippen LogP contribution in [0.3, 0.4) is 0 Å². The van der Waals surface area contributed by atoms with Gasteiger partial charge in [-0.2, -0.15) is 0 Å². The van der Waals surface area contributed by atoms with Crippen molar-refractivity contribution in [2.24, 2.45) is 123 Å². The number of hydrogen-bond acceptors (Lipinski definition) is 25. The van der Waals surface area contributed by atoms with Crippen LogP contribution in [0.4, 0.5) is 0 Å². The predicted octanol–water partition coefficient (Wildman–Crippen LogP) is 15.6. The summed E-state index contributed by atoms with van der Waals surface area (Å²) in [5.74, 6) is -10.6. The lowest BCUT2D eigenvalue weighted by atomic mass is 9.76. The lowest BCUT2D eigenvalue weighted by Gasteiger charge is -2.38. The number of fused-ring (bicyclic) bond motifs is 3. The van der Waals surface area contributed by atoms with Gasteiger partial charge in [0.2, 0.25) is 41.2 Å². The molecule has 32 heteroatoms. The molecule has 32 nitrogen and oxygen atoms in total. The van der Waals surface area contributed by atoms with Crippen molar-refractivity contribution in [1.29, 1.82) is 0 Å². The number of amides is 6. The summed E-state index contributed by atoms with van der Waals surface area (Å²) < 4.78 is 26.0. The van der Waals surface area contributed by atoms with Crippen LogP contribution in [0.5, 0.6) is 0 Å². The zero-order valence-electron chi connectivity index (χ0n) is 93.2. The van der Waals surface area contributed by atoms with E-state index in [1.807, 2.05) is 83.1 Å². The number of aliphatic hydroxyl groups is 2. The van der Waals surface area contributed by atoms with Crippen molar-refractivity contribution in [2.75, 3.05) is 19.6 Å². The van der Waals surface area contributed by atoms with Crippen LogP contribution in [-0.4, -0.2) is 227 Å². The standard InChI is InChI=1S/C39H58N4O6.C39H56N4O6.C28H40N4O5.C10H19NO2/c2*1-5-10-26(35(47)33(46)19-24-15-16-24)20-32(45)34-28-14-9-13-27(28)23-43(34)38(49)36(39(2,3)4)42-37(48)29(25-11-7-6-8-12-25)21-31(44)30-22-40-17-18-41-30;1-28(2,3)24(26(35)32-16-18-10-7-11-19(18)23(32)27(36)37)31-25(34)20(17-8-5-4-6-9-17)14-22(33)21-15-29-12-13-30-21;1-2-3-8(11)10(13)9(12)6-7-4-5-7/h17-18,22,24-29,34-36,47H,5-16,19-21,23H2,1-4H3,(H,42,48);17-18,22,24-29,34,36H,5-16,19-21,23H2,1-4H3,(H,42,48);12-13,15,17-20,23-24H,4-11,14,16H2,1-3H3,(H,31,34)(H,36,37);7-8,10,13H,2-6,11H2,1H3/t26-,27+,28+,29+,34+,35?,36-;26-,27+,28+,29+,34+,36-;18-,19-,20-,23-,24+;8-,10?/m1100/s1/i2*26D;;8D. The van der Waals surface area contributed by atoms with Crippen molar-refractivity contribution in [3.8, 4) is 0 Å². The first-order valence-corrected chi connectivity index (χ1v) is 56.3. The number of rotatable bonds is 46. The number of nitrogens with zero attached hydrogens (tertiary/aromatic N) is 9. The molecule has 3 aromatic rings. The molecule has 6 amide bonds. The summed E-state index contributed by atoms with van der Waals surface area (Å²) in [6, 6.07) is -6.77. The van der Waals surface area contributed by atoms with Crippen LogP contribution in [0, 0.1) is 117 Å². The minimum absolute atomic E-state index is 0.00152. The minimum atomic E-state index is -1.86. The van der Waals surface area contributed by atoms with Gasteiger partial charge in [0.1, 0.15) is 53.5 Å². The van der Waals surface area contributed by atoms with Crippen LogP contribution in [0.15, 0.2) is 55.8 Å². The highest BCUT2D eigenvalue weighted by Crippen LogP contribution is 2.50. The fraction of sp³-hybridized carbons (Fsp3) is 0.759. The maximum Gasteiger partial charge on any atom is 0.326 e. The Morgan fingerprint density at radius 1 is 0.385 bits per heavy atom. The van der Waals surface area contributed by atoms with E-state index in [1.54, 1.807) is 9.80 Å². The van der Waals surface area contributed by atoms with Crippen LogP contribution >= 0.6 is 0 Å². The fourth-order valence-corrected chi connectivity index (χ4v) is 25.2. The monoisotopic (exact) mass is 2060 g/mol. The lowest BCUT2D eigenvalue weighted by Crippen LogP contribution is -2.58. The molecule has 9 aliphatic carbocycles. The SMILES string of the molecule is CC(C)(C)[C@H](NC(=O)[C@@H](CC(=O)c1cnccn1)C1CCCCC1)C(=O)N1C[C@@H]2CCC[C@@H]2[C@H]1C(=O)O.[2H][C@@](CCC)(CC(=O)[C@@H]1[C@H]2CCC[C@H]2CN1C(=O)[C@@H](NC(=O)[C@@H](CC(=O)c1cnccn1)C1CCCCC1)C(C)(C)C)C(=O)C(=O)CC1CC1.[2H][C@@](CCC)(CC(=O)[C@@H]1[C@H]2CCC[C@H]2CN1C(=O)[C@@H](NC(=O)[C@@H](CC(=O)c1cnccn1)C1CCCCC1)C(C)(C)C)C(O)C(=O)CC1CC1.[2H][C@](N)(CCC)C(O)C(=O)CC1CC1. The number of nitrogens with one attached hydrogen (secondary N) is 3. The van der Waals surface area contributed by atoms with E-state index in [0.717, 1.165) is 193 Å². The third-order valence-corrected chi connectivity index (χ3v) is 34.0. The van der Waals surface area contributed by atoms with Crippen LogP contribution < -0.4 is 21.7 Å². The molecule has 148 heavy (non-hydrogen) atoms. The Balaban J connectivity index is 0.000000190. The number of Topliss-reactive ketones (excluding diaryl/α,β-unsaturated/α-hetero) is 9. The number of aliphatic carboxylic acids is 1. The van der Waals surface area contributed by atoms with E-state index in [2.05, 4.69) is 45.9 Å². The number of carbonyl (C=O) groups excluding carboxylic acids is 15. The topological polar surface area (TPSA) is 483 Å². The van der Waals surface area contributed by atoms with Crippen LogP contribution in [0.1, 0.15) is 401 Å². The summed E-state index contributed by atoms with van der Waals surface area (Å²) in [5.41, 5.74) is 4.13. The Morgan fingerprint density at radius 2 is 0.703 bits per heavy atom. The van der Waals surface area contributed by atoms with Gasteiger partial charge in [0.25, 0.3) is 0 Å². The smallest absolute Gasteiger partial charge is 0.326 e. The molecule has 20 atom stereocenters. The van der Waals surface area contributed by atoms with Gasteiger partial charge in [0.05, 0.1) is 30.7 Å². The molecule has 8 N–H and O–H groups in total. The lowest BCUT2D eigenvalue weighted by molar-refractivity contribution is -0.152. The van der Waals surface area contributed by atoms with Gasteiger partial charge in [-0.1, -0.05) is 179 Å². The van der Waals surface area contributed by atoms with Gasteiger partial charge in [-0.3, -0.25) is 86.9 Å². The molecule has 0 radical (unpaired) electrons. The first-order chi connectivity index (χ1) is 71.5. The number of carbonyl (C=O) groups is 16. The predicted molar refractivity (Wildman–Crippen MR) is 557 cm³/mol. The van der Waals surface area contributed by atoms with E-state index in [-0.39, 0.29) is 209 Å². The van der Waals surface area contributed by atoms with Gasteiger partial charge in [0.15, 0.2) is 46.3 Å². The number of ketones is 9. The molecule has 15 rings (SSSR count). The number of carboxylic acid groups (broad SMARTS) is 1. The zero-order chi connectivity index (χ0) is 110. The van der Waals surface area contributed by atoms with E-state index >= 15 is 0 Å². The number of carboxylic acids is 1. The molecule has 3 saturated heterocycles. The number of aromatic nitrogens is 6. The van der Waals surface area contributed by atoms with E-state index in [4.69, 9.17) is 8.48 Å². The highest BCUT2D eigenvalue weighted by atomic mass is 16.4. The van der Waals surface area contributed by atoms with Gasteiger partial charge < -0.3 is 51.7 Å². The molecule has 0 bridgehead atoms. The number of aliphatic hydroxyl groups excluding tert-OH is 2. The molecule has 2 unspecified atom stereocenters.